The highest BCUT2D eigenvalue weighted by Gasteiger charge is 2.33. The van der Waals surface area contributed by atoms with E-state index in [0.717, 1.165) is 30.2 Å². The molecule has 0 N–H and O–H groups in total. The van der Waals surface area contributed by atoms with Crippen molar-refractivity contribution in [1.29, 1.82) is 0 Å². The zero-order valence-corrected chi connectivity index (χ0v) is 16.6. The van der Waals surface area contributed by atoms with Crippen LogP contribution in [0.3, 0.4) is 0 Å². The van der Waals surface area contributed by atoms with Gasteiger partial charge in [0, 0.05) is 0 Å². The van der Waals surface area contributed by atoms with Crippen LogP contribution >= 0.6 is 24.0 Å². The van der Waals surface area contributed by atoms with Crippen LogP contribution in [-0.4, -0.2) is 48.5 Å². The SMILES string of the molecule is CCCCOc1ccc(/C=C2/SC(=S)N(CC(=O)OC)C2=O)cc1OC. The van der Waals surface area contributed by atoms with Crippen LogP contribution in [0.1, 0.15) is 25.3 Å². The van der Waals surface area contributed by atoms with Crippen LogP contribution in [0.2, 0.25) is 0 Å². The second kappa shape index (κ2) is 9.59. The predicted octanol–water partition coefficient (Wildman–Crippen LogP) is 3.25. The third kappa shape index (κ3) is 4.98. The van der Waals surface area contributed by atoms with Crippen molar-refractivity contribution in [3.8, 4) is 11.5 Å². The third-order valence-corrected chi connectivity index (χ3v) is 5.01. The van der Waals surface area contributed by atoms with Crippen LogP contribution in [0, 0.1) is 0 Å². The molecule has 1 aliphatic rings. The summed E-state index contributed by atoms with van der Waals surface area (Å²) in [5, 5.41) is 0. The number of thiocarbonyl (C=S) groups is 1. The highest BCUT2D eigenvalue weighted by molar-refractivity contribution is 8.26. The van der Waals surface area contributed by atoms with Gasteiger partial charge in [-0.1, -0.05) is 43.4 Å². The van der Waals surface area contributed by atoms with Gasteiger partial charge >= 0.3 is 5.97 Å². The molecule has 0 bridgehead atoms. The highest BCUT2D eigenvalue weighted by atomic mass is 32.2. The Morgan fingerprint density at radius 1 is 1.31 bits per heavy atom. The van der Waals surface area contributed by atoms with Crippen molar-refractivity contribution in [2.24, 2.45) is 0 Å². The lowest BCUT2D eigenvalue weighted by atomic mass is 10.2. The normalized spacial score (nSPS) is 15.5. The molecule has 1 aromatic rings. The predicted molar refractivity (Wildman–Crippen MR) is 105 cm³/mol. The Labute approximate surface area is 162 Å². The Balaban J connectivity index is 2.17. The van der Waals surface area contributed by atoms with E-state index in [-0.39, 0.29) is 12.5 Å². The topological polar surface area (TPSA) is 65.1 Å². The molecule has 8 heteroatoms. The largest absolute Gasteiger partial charge is 0.493 e. The molecule has 1 aliphatic heterocycles. The van der Waals surface area contributed by atoms with Gasteiger partial charge in [-0.25, -0.2) is 0 Å². The van der Waals surface area contributed by atoms with Gasteiger partial charge in [-0.2, -0.15) is 0 Å². The molecule has 0 saturated carbocycles. The average Bonchev–Trinajstić information content (AvgIpc) is 2.90. The molecule has 0 spiro atoms. The minimum atomic E-state index is -0.516. The summed E-state index contributed by atoms with van der Waals surface area (Å²) in [5.74, 6) is 0.432. The molecule has 6 nitrogen and oxygen atoms in total. The summed E-state index contributed by atoms with van der Waals surface area (Å²) in [4.78, 5) is 25.5. The van der Waals surface area contributed by atoms with Crippen LogP contribution in [0.15, 0.2) is 23.1 Å². The molecular weight excluding hydrogens is 374 g/mol. The van der Waals surface area contributed by atoms with E-state index < -0.39 is 5.97 Å². The molecule has 26 heavy (non-hydrogen) atoms. The fourth-order valence-electron chi connectivity index (χ4n) is 2.20. The Morgan fingerprint density at radius 2 is 2.08 bits per heavy atom. The molecule has 0 aromatic heterocycles. The number of amides is 1. The quantitative estimate of drug-likeness (QED) is 0.290. The maximum absolute atomic E-state index is 12.5. The first-order valence-electron chi connectivity index (χ1n) is 8.13. The number of benzene rings is 1. The molecule has 1 heterocycles. The van der Waals surface area contributed by atoms with Crippen LogP contribution in [0.4, 0.5) is 0 Å². The van der Waals surface area contributed by atoms with Gasteiger partial charge in [0.25, 0.3) is 5.91 Å². The van der Waals surface area contributed by atoms with Crippen molar-refractivity contribution in [3.05, 3.63) is 28.7 Å². The summed E-state index contributed by atoms with van der Waals surface area (Å²) >= 11 is 6.33. The summed E-state index contributed by atoms with van der Waals surface area (Å²) in [6.07, 6.45) is 3.73. The van der Waals surface area contributed by atoms with Gasteiger partial charge in [0.05, 0.1) is 25.7 Å². The maximum atomic E-state index is 12.5. The van der Waals surface area contributed by atoms with E-state index in [1.807, 2.05) is 12.1 Å². The van der Waals surface area contributed by atoms with E-state index in [1.165, 1.54) is 12.0 Å². The van der Waals surface area contributed by atoms with Crippen LogP contribution < -0.4 is 9.47 Å². The first-order valence-corrected chi connectivity index (χ1v) is 9.35. The second-order valence-corrected chi connectivity index (χ2v) is 7.13. The standard InChI is InChI=1S/C18H21NO5S2/c1-4-5-8-24-13-7-6-12(9-14(13)22-2)10-15-17(21)19(18(25)26-15)11-16(20)23-3/h6-7,9-10H,4-5,8,11H2,1-3H3/b15-10+. The Kier molecular flexibility index (Phi) is 7.47. The van der Waals surface area contributed by atoms with Crippen molar-refractivity contribution in [2.45, 2.75) is 19.8 Å². The third-order valence-electron chi connectivity index (χ3n) is 3.63. The number of carbonyl (C=O) groups is 2. The minimum absolute atomic E-state index is 0.188. The number of ether oxygens (including phenoxy) is 3. The van der Waals surface area contributed by atoms with E-state index in [1.54, 1.807) is 19.3 Å². The molecule has 0 aliphatic carbocycles. The molecule has 0 atom stereocenters. The van der Waals surface area contributed by atoms with Crippen LogP contribution in [0.25, 0.3) is 6.08 Å². The van der Waals surface area contributed by atoms with Crippen molar-refractivity contribution >= 4 is 46.3 Å². The fourth-order valence-corrected chi connectivity index (χ4v) is 3.46. The number of unbranched alkanes of at least 4 members (excludes halogenated alkanes) is 1. The van der Waals surface area contributed by atoms with Gasteiger partial charge in [-0.15, -0.1) is 0 Å². The summed E-state index contributed by atoms with van der Waals surface area (Å²) in [6, 6.07) is 5.46. The number of carbonyl (C=O) groups excluding carboxylic acids is 2. The Bertz CT molecular complexity index is 732. The maximum Gasteiger partial charge on any atom is 0.325 e. The number of hydrogen-bond acceptors (Lipinski definition) is 7. The van der Waals surface area contributed by atoms with Gasteiger partial charge in [0.2, 0.25) is 0 Å². The second-order valence-electron chi connectivity index (χ2n) is 5.46. The first kappa shape index (κ1) is 20.3. The van der Waals surface area contributed by atoms with E-state index in [2.05, 4.69) is 11.7 Å². The van der Waals surface area contributed by atoms with Crippen molar-refractivity contribution in [2.75, 3.05) is 27.4 Å². The number of rotatable bonds is 8. The molecule has 0 radical (unpaired) electrons. The summed E-state index contributed by atoms with van der Waals surface area (Å²) in [6.45, 7) is 2.53. The van der Waals surface area contributed by atoms with E-state index in [0.29, 0.717) is 27.3 Å². The fraction of sp³-hybridized carbons (Fsp3) is 0.389. The highest BCUT2D eigenvalue weighted by Crippen LogP contribution is 2.34. The lowest BCUT2D eigenvalue weighted by Crippen LogP contribution is -2.33. The number of methoxy groups -OCH3 is 2. The van der Waals surface area contributed by atoms with Crippen molar-refractivity contribution < 1.29 is 23.8 Å². The van der Waals surface area contributed by atoms with Gasteiger partial charge < -0.3 is 14.2 Å². The van der Waals surface area contributed by atoms with Gasteiger partial charge in [-0.05, 0) is 30.2 Å². The first-order chi connectivity index (χ1) is 12.5. The zero-order valence-electron chi connectivity index (χ0n) is 14.9. The van der Waals surface area contributed by atoms with Gasteiger partial charge in [-0.3, -0.25) is 14.5 Å². The number of esters is 1. The van der Waals surface area contributed by atoms with Crippen LogP contribution in [-0.2, 0) is 14.3 Å². The molecule has 2 rings (SSSR count). The zero-order chi connectivity index (χ0) is 19.1. The average molecular weight is 396 g/mol. The van der Waals surface area contributed by atoms with Crippen molar-refractivity contribution in [3.63, 3.8) is 0 Å². The molecular formula is C18H21NO5S2. The smallest absolute Gasteiger partial charge is 0.325 e. The lowest BCUT2D eigenvalue weighted by Gasteiger charge is -2.12. The minimum Gasteiger partial charge on any atom is -0.493 e. The van der Waals surface area contributed by atoms with Gasteiger partial charge in [0.1, 0.15) is 10.9 Å². The monoisotopic (exact) mass is 395 g/mol. The van der Waals surface area contributed by atoms with E-state index in [9.17, 15) is 9.59 Å². The number of hydrogen-bond donors (Lipinski definition) is 0. The Hall–Kier alpha value is -2.06. The summed E-state index contributed by atoms with van der Waals surface area (Å²) in [5.41, 5.74) is 0.781. The number of thioether (sulfide) groups is 1. The molecule has 1 fully saturated rings. The van der Waals surface area contributed by atoms with Gasteiger partial charge in [0.15, 0.2) is 11.5 Å². The lowest BCUT2D eigenvalue weighted by molar-refractivity contribution is -0.143. The van der Waals surface area contributed by atoms with Crippen LogP contribution in [0.5, 0.6) is 11.5 Å². The number of nitrogens with zero attached hydrogens (tertiary/aromatic N) is 1. The summed E-state index contributed by atoms with van der Waals surface area (Å²) in [7, 11) is 2.84. The molecule has 0 unspecified atom stereocenters. The van der Waals surface area contributed by atoms with E-state index >= 15 is 0 Å². The summed E-state index contributed by atoms with van der Waals surface area (Å²) < 4.78 is 16.0. The van der Waals surface area contributed by atoms with E-state index in [4.69, 9.17) is 21.7 Å². The molecule has 140 valence electrons. The molecule has 1 aromatic carbocycles. The van der Waals surface area contributed by atoms with Crippen molar-refractivity contribution in [1.82, 2.24) is 4.90 Å². The molecule has 1 saturated heterocycles. The molecule has 1 amide bonds. The Morgan fingerprint density at radius 3 is 2.73 bits per heavy atom.